The van der Waals surface area contributed by atoms with Gasteiger partial charge in [-0.25, -0.2) is 18.0 Å². The molecule has 5 nitrogen and oxygen atoms in total. The van der Waals surface area contributed by atoms with E-state index in [0.29, 0.717) is 10.5 Å². The molecule has 2 rings (SSSR count). The van der Waals surface area contributed by atoms with E-state index in [9.17, 15) is 22.8 Å². The molecule has 9 heteroatoms. The summed E-state index contributed by atoms with van der Waals surface area (Å²) in [4.78, 5) is 22.6. The number of anilines is 1. The maximum atomic E-state index is 13.9. The number of carbonyl (C=O) groups is 2. The molecule has 2 aromatic carbocycles. The van der Waals surface area contributed by atoms with E-state index in [1.54, 1.807) is 0 Å². The molecule has 0 aliphatic carbocycles. The molecular formula is C16H11BrF3NO4. The molecule has 0 aromatic heterocycles. The zero-order chi connectivity index (χ0) is 18.6. The molecule has 0 aliphatic rings. The Bertz CT molecular complexity index is 829. The summed E-state index contributed by atoms with van der Waals surface area (Å²) in [5, 5.41) is 10.7. The molecular weight excluding hydrogens is 407 g/mol. The third-order valence-corrected chi connectivity index (χ3v) is 3.49. The number of carboxylic acids is 1. The summed E-state index contributed by atoms with van der Waals surface area (Å²) < 4.78 is 46.2. The molecule has 2 N–H and O–H groups in total. The molecule has 0 saturated carbocycles. The number of benzene rings is 2. The largest absolute Gasteiger partial charge is 0.480 e. The van der Waals surface area contributed by atoms with Crippen LogP contribution in [-0.2, 0) is 16.0 Å². The normalized spacial score (nSPS) is 10.4. The summed E-state index contributed by atoms with van der Waals surface area (Å²) in [5.74, 6) is -5.42. The van der Waals surface area contributed by atoms with E-state index in [1.807, 2.05) is 0 Å². The summed E-state index contributed by atoms with van der Waals surface area (Å²) >= 11 is 3.08. The fourth-order valence-electron chi connectivity index (χ4n) is 1.95. The van der Waals surface area contributed by atoms with Gasteiger partial charge in [0.05, 0.1) is 6.42 Å². The van der Waals surface area contributed by atoms with Crippen molar-refractivity contribution in [3.63, 3.8) is 0 Å². The van der Waals surface area contributed by atoms with Crippen LogP contribution in [0.2, 0.25) is 0 Å². The summed E-state index contributed by atoms with van der Waals surface area (Å²) in [7, 11) is 0. The minimum Gasteiger partial charge on any atom is -0.480 e. The van der Waals surface area contributed by atoms with E-state index in [-0.39, 0.29) is 5.56 Å². The predicted molar refractivity (Wildman–Crippen MR) is 85.9 cm³/mol. The molecule has 2 aromatic rings. The number of halogens is 4. The van der Waals surface area contributed by atoms with E-state index < -0.39 is 53.8 Å². The first-order valence-electron chi connectivity index (χ1n) is 6.83. The van der Waals surface area contributed by atoms with Crippen molar-refractivity contribution in [2.45, 2.75) is 6.42 Å². The SMILES string of the molecule is O=C(O)COc1cc(F)cc(F)c1NC(=O)Cc1ccc(Br)cc1F. The Morgan fingerprint density at radius 1 is 1.12 bits per heavy atom. The summed E-state index contributed by atoms with van der Waals surface area (Å²) in [6.45, 7) is -0.854. The average molecular weight is 418 g/mol. The predicted octanol–water partition coefficient (Wildman–Crippen LogP) is 3.51. The second-order valence-corrected chi connectivity index (χ2v) is 5.82. The zero-order valence-corrected chi connectivity index (χ0v) is 14.1. The second-order valence-electron chi connectivity index (χ2n) is 4.90. The fraction of sp³-hybridized carbons (Fsp3) is 0.125. The van der Waals surface area contributed by atoms with Gasteiger partial charge in [-0.2, -0.15) is 0 Å². The van der Waals surface area contributed by atoms with Crippen molar-refractivity contribution >= 4 is 33.5 Å². The van der Waals surface area contributed by atoms with Crippen molar-refractivity contribution in [3.05, 3.63) is 57.8 Å². The molecule has 0 saturated heterocycles. The summed E-state index contributed by atoms with van der Waals surface area (Å²) in [6.07, 6.45) is -0.408. The first kappa shape index (κ1) is 18.8. The van der Waals surface area contributed by atoms with Crippen LogP contribution in [-0.4, -0.2) is 23.6 Å². The second kappa shape index (κ2) is 8.02. The number of ether oxygens (including phenoxy) is 1. The van der Waals surface area contributed by atoms with E-state index >= 15 is 0 Å². The molecule has 25 heavy (non-hydrogen) atoms. The fourth-order valence-corrected chi connectivity index (χ4v) is 2.28. The van der Waals surface area contributed by atoms with Crippen LogP contribution in [0.3, 0.4) is 0 Å². The lowest BCUT2D eigenvalue weighted by Gasteiger charge is -2.13. The first-order chi connectivity index (χ1) is 11.8. The van der Waals surface area contributed by atoms with Crippen molar-refractivity contribution in [1.82, 2.24) is 0 Å². The third kappa shape index (κ3) is 5.21. The lowest BCUT2D eigenvalue weighted by atomic mass is 10.1. The van der Waals surface area contributed by atoms with Crippen molar-refractivity contribution in [3.8, 4) is 5.75 Å². The van der Waals surface area contributed by atoms with E-state index in [1.165, 1.54) is 18.2 Å². The third-order valence-electron chi connectivity index (χ3n) is 3.00. The minimum atomic E-state index is -1.36. The van der Waals surface area contributed by atoms with Crippen LogP contribution in [0.15, 0.2) is 34.8 Å². The van der Waals surface area contributed by atoms with E-state index in [2.05, 4.69) is 21.2 Å². The van der Waals surface area contributed by atoms with Gasteiger partial charge < -0.3 is 15.2 Å². The average Bonchev–Trinajstić information content (AvgIpc) is 2.51. The standard InChI is InChI=1S/C16H11BrF3NO4/c17-9-2-1-8(11(19)4-9)3-14(22)21-16-12(20)5-10(18)6-13(16)25-7-15(23)24/h1-2,4-6H,3,7H2,(H,21,22)(H,23,24). The van der Waals surface area contributed by atoms with E-state index in [0.717, 1.165) is 6.07 Å². The Balaban J connectivity index is 2.20. The summed E-state index contributed by atoms with van der Waals surface area (Å²) in [5.41, 5.74) is -0.457. The lowest BCUT2D eigenvalue weighted by molar-refractivity contribution is -0.139. The number of hydrogen-bond donors (Lipinski definition) is 2. The van der Waals surface area contributed by atoms with Crippen LogP contribution in [0.25, 0.3) is 0 Å². The van der Waals surface area contributed by atoms with Crippen molar-refractivity contribution in [1.29, 1.82) is 0 Å². The highest BCUT2D eigenvalue weighted by Gasteiger charge is 2.17. The molecule has 1 amide bonds. The van der Waals surface area contributed by atoms with Gasteiger partial charge in [-0.3, -0.25) is 4.79 Å². The van der Waals surface area contributed by atoms with Crippen LogP contribution < -0.4 is 10.1 Å². The van der Waals surface area contributed by atoms with Crippen molar-refractivity contribution < 1.29 is 32.6 Å². The number of rotatable bonds is 6. The van der Waals surface area contributed by atoms with Crippen molar-refractivity contribution in [2.75, 3.05) is 11.9 Å². The van der Waals surface area contributed by atoms with Gasteiger partial charge in [-0.05, 0) is 17.7 Å². The molecule has 0 unspecified atom stereocenters. The Kier molecular flexibility index (Phi) is 6.02. The molecule has 0 fully saturated rings. The van der Waals surface area contributed by atoms with Crippen LogP contribution in [0, 0.1) is 17.5 Å². The Labute approximate surface area is 148 Å². The molecule has 0 bridgehead atoms. The molecule has 0 atom stereocenters. The maximum absolute atomic E-state index is 13.9. The highest BCUT2D eigenvalue weighted by Crippen LogP contribution is 2.29. The number of amides is 1. The molecule has 0 aliphatic heterocycles. The van der Waals surface area contributed by atoms with Crippen LogP contribution in [0.4, 0.5) is 18.9 Å². The van der Waals surface area contributed by atoms with Gasteiger partial charge in [-0.15, -0.1) is 0 Å². The highest BCUT2D eigenvalue weighted by molar-refractivity contribution is 9.10. The van der Waals surface area contributed by atoms with Gasteiger partial charge in [0.25, 0.3) is 0 Å². The Morgan fingerprint density at radius 3 is 2.48 bits per heavy atom. The Morgan fingerprint density at radius 2 is 1.84 bits per heavy atom. The van der Waals surface area contributed by atoms with Gasteiger partial charge in [0, 0.05) is 16.6 Å². The molecule has 0 spiro atoms. The number of carboxylic acid groups (broad SMARTS) is 1. The number of nitrogens with one attached hydrogen (secondary N) is 1. The smallest absolute Gasteiger partial charge is 0.341 e. The maximum Gasteiger partial charge on any atom is 0.341 e. The quantitative estimate of drug-likeness (QED) is 0.753. The monoisotopic (exact) mass is 417 g/mol. The highest BCUT2D eigenvalue weighted by atomic mass is 79.9. The number of aliphatic carboxylic acids is 1. The van der Waals surface area contributed by atoms with Crippen LogP contribution >= 0.6 is 15.9 Å². The van der Waals surface area contributed by atoms with Gasteiger partial charge in [0.2, 0.25) is 5.91 Å². The van der Waals surface area contributed by atoms with Gasteiger partial charge in [0.15, 0.2) is 12.4 Å². The van der Waals surface area contributed by atoms with Crippen LogP contribution in [0.1, 0.15) is 5.56 Å². The topological polar surface area (TPSA) is 75.6 Å². The minimum absolute atomic E-state index is 0.0659. The number of hydrogen-bond acceptors (Lipinski definition) is 3. The van der Waals surface area contributed by atoms with Gasteiger partial charge in [0.1, 0.15) is 23.1 Å². The Hall–Kier alpha value is -2.55. The van der Waals surface area contributed by atoms with Crippen LogP contribution in [0.5, 0.6) is 5.75 Å². The van der Waals surface area contributed by atoms with Gasteiger partial charge in [-0.1, -0.05) is 22.0 Å². The van der Waals surface area contributed by atoms with Gasteiger partial charge >= 0.3 is 5.97 Å². The summed E-state index contributed by atoms with van der Waals surface area (Å²) in [6, 6.07) is 5.32. The molecule has 0 radical (unpaired) electrons. The zero-order valence-electron chi connectivity index (χ0n) is 12.5. The van der Waals surface area contributed by atoms with E-state index in [4.69, 9.17) is 9.84 Å². The lowest BCUT2D eigenvalue weighted by Crippen LogP contribution is -2.18. The molecule has 132 valence electrons. The first-order valence-corrected chi connectivity index (χ1v) is 7.63. The van der Waals surface area contributed by atoms with Crippen molar-refractivity contribution in [2.24, 2.45) is 0 Å². The number of carbonyl (C=O) groups excluding carboxylic acids is 1. The molecule has 0 heterocycles.